The highest BCUT2D eigenvalue weighted by Crippen LogP contribution is 2.38. The lowest BCUT2D eigenvalue weighted by atomic mass is 10.1. The molecular weight excluding hydrogens is 464 g/mol. The number of ether oxygens (including phenoxy) is 3. The van der Waals surface area contributed by atoms with Crippen LogP contribution in [0.3, 0.4) is 0 Å². The van der Waals surface area contributed by atoms with Crippen molar-refractivity contribution >= 4 is 10.9 Å². The van der Waals surface area contributed by atoms with E-state index in [2.05, 4.69) is 15.2 Å². The summed E-state index contributed by atoms with van der Waals surface area (Å²) >= 11 is 0. The van der Waals surface area contributed by atoms with Gasteiger partial charge in [-0.25, -0.2) is 9.67 Å². The summed E-state index contributed by atoms with van der Waals surface area (Å²) in [6, 6.07) is 12.9. The van der Waals surface area contributed by atoms with E-state index in [-0.39, 0.29) is 12.1 Å². The lowest BCUT2D eigenvalue weighted by Gasteiger charge is -2.10. The van der Waals surface area contributed by atoms with Gasteiger partial charge in [0.15, 0.2) is 17.0 Å². The van der Waals surface area contributed by atoms with Crippen LogP contribution in [-0.4, -0.2) is 41.3 Å². The molecule has 0 spiro atoms. The highest BCUT2D eigenvalue weighted by molar-refractivity contribution is 5.93. The summed E-state index contributed by atoms with van der Waals surface area (Å²) in [5.74, 6) is 3.12. The summed E-state index contributed by atoms with van der Waals surface area (Å²) in [6.07, 6.45) is 0. The Morgan fingerprint density at radius 3 is 2.53 bits per heavy atom. The van der Waals surface area contributed by atoms with Gasteiger partial charge in [0.2, 0.25) is 5.89 Å². The smallest absolute Gasteiger partial charge is 0.297 e. The van der Waals surface area contributed by atoms with E-state index in [1.807, 2.05) is 36.4 Å². The van der Waals surface area contributed by atoms with Crippen molar-refractivity contribution in [1.82, 2.24) is 19.9 Å². The number of benzene rings is 2. The van der Waals surface area contributed by atoms with E-state index >= 15 is 0 Å². The van der Waals surface area contributed by atoms with Gasteiger partial charge in [0.1, 0.15) is 28.7 Å². The lowest BCUT2D eigenvalue weighted by Crippen LogP contribution is -2.25. The van der Waals surface area contributed by atoms with Crippen LogP contribution in [0, 0.1) is 13.8 Å². The summed E-state index contributed by atoms with van der Waals surface area (Å²) in [5.41, 5.74) is 2.29. The summed E-state index contributed by atoms with van der Waals surface area (Å²) in [4.78, 5) is 17.9. The molecule has 5 rings (SSSR count). The first-order valence-electron chi connectivity index (χ1n) is 11.1. The number of para-hydroxylation sites is 1. The van der Waals surface area contributed by atoms with E-state index in [9.17, 15) is 4.79 Å². The number of hydrogen-bond acceptors (Lipinski definition) is 9. The molecule has 0 aliphatic rings. The Bertz CT molecular complexity index is 1630. The fraction of sp³-hybridized carbons (Fsp3) is 0.231. The first kappa shape index (κ1) is 23.2. The van der Waals surface area contributed by atoms with E-state index in [0.717, 1.165) is 5.56 Å². The van der Waals surface area contributed by atoms with Gasteiger partial charge in [-0.05, 0) is 38.1 Å². The van der Waals surface area contributed by atoms with Crippen molar-refractivity contribution in [2.24, 2.45) is 0 Å². The average molecular weight is 489 g/mol. The molecule has 0 aliphatic carbocycles. The van der Waals surface area contributed by atoms with Crippen LogP contribution >= 0.6 is 0 Å². The van der Waals surface area contributed by atoms with Crippen molar-refractivity contribution in [3.05, 3.63) is 70.0 Å². The molecule has 3 heterocycles. The number of rotatable bonds is 7. The molecule has 184 valence electrons. The zero-order valence-corrected chi connectivity index (χ0v) is 20.5. The molecule has 10 nitrogen and oxygen atoms in total. The van der Waals surface area contributed by atoms with Crippen LogP contribution in [-0.2, 0) is 6.54 Å². The van der Waals surface area contributed by atoms with Crippen molar-refractivity contribution in [1.29, 1.82) is 0 Å². The van der Waals surface area contributed by atoms with E-state index in [1.54, 1.807) is 41.2 Å². The number of nitrogens with zero attached hydrogens (tertiary/aromatic N) is 4. The largest absolute Gasteiger partial charge is 0.497 e. The summed E-state index contributed by atoms with van der Waals surface area (Å²) in [7, 11) is 4.71. The molecule has 0 saturated heterocycles. The minimum Gasteiger partial charge on any atom is -0.497 e. The zero-order valence-electron chi connectivity index (χ0n) is 20.5. The van der Waals surface area contributed by atoms with Gasteiger partial charge in [-0.3, -0.25) is 4.79 Å². The van der Waals surface area contributed by atoms with Crippen LogP contribution in [0.25, 0.3) is 33.6 Å². The Morgan fingerprint density at radius 2 is 1.78 bits per heavy atom. The van der Waals surface area contributed by atoms with Crippen LogP contribution in [0.4, 0.5) is 0 Å². The van der Waals surface area contributed by atoms with Gasteiger partial charge in [-0.1, -0.05) is 23.4 Å². The second-order valence-corrected chi connectivity index (χ2v) is 8.07. The zero-order chi connectivity index (χ0) is 25.4. The number of oxazole rings is 1. The van der Waals surface area contributed by atoms with Gasteiger partial charge in [0.25, 0.3) is 5.56 Å². The molecule has 0 N–H and O–H groups in total. The Labute approximate surface area is 206 Å². The van der Waals surface area contributed by atoms with Crippen LogP contribution in [0.5, 0.6) is 17.2 Å². The molecule has 0 fully saturated rings. The normalized spacial score (nSPS) is 11.1. The molecule has 2 aromatic carbocycles. The highest BCUT2D eigenvalue weighted by atomic mass is 16.5. The standard InChI is InChI=1S/C26H24N4O6/c1-14-19(27-25(35-14)18-10-7-11-20(33-4)24(18)34-5)13-30-26(31)23-21(15(2)36-29-23)22(28-30)16-8-6-9-17(12-16)32-3/h6-12H,13H2,1-5H3. The minimum absolute atomic E-state index is 0.0687. The second-order valence-electron chi connectivity index (χ2n) is 8.07. The van der Waals surface area contributed by atoms with E-state index in [1.165, 1.54) is 4.68 Å². The number of hydrogen-bond donors (Lipinski definition) is 0. The number of fused-ring (bicyclic) bond motifs is 1. The van der Waals surface area contributed by atoms with Gasteiger partial charge >= 0.3 is 0 Å². The second kappa shape index (κ2) is 9.21. The molecule has 10 heteroatoms. The molecule has 5 aromatic rings. The minimum atomic E-state index is -0.392. The molecule has 0 radical (unpaired) electrons. The fourth-order valence-electron chi connectivity index (χ4n) is 4.10. The van der Waals surface area contributed by atoms with Crippen molar-refractivity contribution < 1.29 is 23.2 Å². The van der Waals surface area contributed by atoms with E-state index in [4.69, 9.17) is 23.2 Å². The van der Waals surface area contributed by atoms with Crippen LogP contribution < -0.4 is 19.8 Å². The molecule has 0 amide bonds. The SMILES string of the molecule is COc1cccc(-c2nn(Cc3nc(-c4cccc(OC)c4OC)oc3C)c(=O)c3noc(C)c23)c1. The van der Waals surface area contributed by atoms with Crippen molar-refractivity contribution in [2.45, 2.75) is 20.4 Å². The third-order valence-corrected chi connectivity index (χ3v) is 5.93. The van der Waals surface area contributed by atoms with E-state index in [0.29, 0.717) is 57.0 Å². The number of aryl methyl sites for hydroxylation is 2. The molecular formula is C26H24N4O6. The molecule has 36 heavy (non-hydrogen) atoms. The van der Waals surface area contributed by atoms with Crippen molar-refractivity contribution in [2.75, 3.05) is 21.3 Å². The first-order chi connectivity index (χ1) is 17.4. The van der Waals surface area contributed by atoms with E-state index < -0.39 is 5.56 Å². The maximum atomic E-state index is 13.3. The van der Waals surface area contributed by atoms with Gasteiger partial charge in [-0.15, -0.1) is 0 Å². The van der Waals surface area contributed by atoms with Crippen LogP contribution in [0.15, 0.2) is 56.2 Å². The summed E-state index contributed by atoms with van der Waals surface area (Å²) in [6.45, 7) is 3.60. The Kier molecular flexibility index (Phi) is 5.93. The first-order valence-corrected chi connectivity index (χ1v) is 11.1. The average Bonchev–Trinajstić information content (AvgIpc) is 3.47. The van der Waals surface area contributed by atoms with Crippen molar-refractivity contribution in [3.8, 4) is 40.0 Å². The van der Waals surface area contributed by atoms with Crippen LogP contribution in [0.2, 0.25) is 0 Å². The summed E-state index contributed by atoms with van der Waals surface area (Å²) < 4.78 is 28.9. The van der Waals surface area contributed by atoms with Gasteiger partial charge in [0, 0.05) is 5.56 Å². The molecule has 3 aromatic heterocycles. The number of aromatic nitrogens is 4. The third-order valence-electron chi connectivity index (χ3n) is 5.93. The van der Waals surface area contributed by atoms with Crippen LogP contribution in [0.1, 0.15) is 17.2 Å². The quantitative estimate of drug-likeness (QED) is 0.329. The fourth-order valence-corrected chi connectivity index (χ4v) is 4.10. The third kappa shape index (κ3) is 3.86. The summed E-state index contributed by atoms with van der Waals surface area (Å²) in [5, 5.41) is 9.25. The monoisotopic (exact) mass is 488 g/mol. The predicted octanol–water partition coefficient (Wildman–Crippen LogP) is 4.40. The molecule has 0 aliphatic heterocycles. The molecule has 0 unspecified atom stereocenters. The van der Waals surface area contributed by atoms with Crippen molar-refractivity contribution in [3.63, 3.8) is 0 Å². The molecule has 0 bridgehead atoms. The van der Waals surface area contributed by atoms with Gasteiger partial charge < -0.3 is 23.2 Å². The van der Waals surface area contributed by atoms with Gasteiger partial charge in [0.05, 0.1) is 38.8 Å². The highest BCUT2D eigenvalue weighted by Gasteiger charge is 2.22. The Morgan fingerprint density at radius 1 is 0.972 bits per heavy atom. The Balaban J connectivity index is 1.62. The predicted molar refractivity (Wildman–Crippen MR) is 132 cm³/mol. The maximum Gasteiger partial charge on any atom is 0.297 e. The topological polar surface area (TPSA) is 115 Å². The number of methoxy groups -OCH3 is 3. The molecule has 0 atom stereocenters. The Hall–Kier alpha value is -4.60. The van der Waals surface area contributed by atoms with Gasteiger partial charge in [-0.2, -0.15) is 5.10 Å². The maximum absolute atomic E-state index is 13.3. The lowest BCUT2D eigenvalue weighted by molar-refractivity contribution is 0.355. The molecule has 0 saturated carbocycles.